The number of ether oxygens (including phenoxy) is 2. The fourth-order valence-corrected chi connectivity index (χ4v) is 6.27. The van der Waals surface area contributed by atoms with Gasteiger partial charge in [-0.3, -0.25) is 9.69 Å². The van der Waals surface area contributed by atoms with Gasteiger partial charge in [-0.15, -0.1) is 0 Å². The zero-order chi connectivity index (χ0) is 27.4. The van der Waals surface area contributed by atoms with Crippen LogP contribution >= 0.6 is 0 Å². The molecule has 1 atom stereocenters. The zero-order valence-electron chi connectivity index (χ0n) is 23.7. The Morgan fingerprint density at radius 2 is 1.87 bits per heavy atom. The average molecular weight is 534 g/mol. The Kier molecular flexibility index (Phi) is 8.75. The third-order valence-corrected chi connectivity index (χ3v) is 8.62. The molecular weight excluding hydrogens is 490 g/mol. The Balaban J connectivity index is 1.11. The van der Waals surface area contributed by atoms with E-state index in [-0.39, 0.29) is 24.0 Å². The number of rotatable bonds is 8. The van der Waals surface area contributed by atoms with Gasteiger partial charge in [0.1, 0.15) is 12.4 Å². The number of nitrogens with zero attached hydrogens (tertiary/aromatic N) is 3. The maximum atomic E-state index is 13.4. The van der Waals surface area contributed by atoms with Crippen LogP contribution in [0.2, 0.25) is 0 Å². The number of benzene rings is 2. The molecule has 2 aromatic carbocycles. The van der Waals surface area contributed by atoms with Gasteiger partial charge in [-0.05, 0) is 98.9 Å². The minimum Gasteiger partial charge on any atom is -0.490 e. The lowest BCUT2D eigenvalue weighted by Crippen LogP contribution is -2.37. The number of amides is 2. The normalized spacial score (nSPS) is 23.9. The first-order chi connectivity index (χ1) is 18.9. The summed E-state index contributed by atoms with van der Waals surface area (Å²) in [5.41, 5.74) is 4.62. The van der Waals surface area contributed by atoms with Gasteiger partial charge in [-0.25, -0.2) is 4.79 Å². The first-order valence-corrected chi connectivity index (χ1v) is 14.6. The lowest BCUT2D eigenvalue weighted by molar-refractivity contribution is -0.123. The number of likely N-dealkylation sites (tertiary alicyclic amines) is 1. The summed E-state index contributed by atoms with van der Waals surface area (Å²) in [6.45, 7) is 9.46. The van der Waals surface area contributed by atoms with Crippen LogP contribution in [-0.2, 0) is 22.6 Å². The first-order valence-electron chi connectivity index (χ1n) is 14.6. The lowest BCUT2D eigenvalue weighted by Gasteiger charge is -2.32. The predicted molar refractivity (Wildman–Crippen MR) is 153 cm³/mol. The van der Waals surface area contributed by atoms with Gasteiger partial charge >= 0.3 is 6.09 Å². The number of hydrogen-bond donors (Lipinski definition) is 0. The Morgan fingerprint density at radius 3 is 2.59 bits per heavy atom. The van der Waals surface area contributed by atoms with E-state index in [0.717, 1.165) is 55.1 Å². The molecule has 1 aliphatic carbocycles. The molecule has 210 valence electrons. The highest BCUT2D eigenvalue weighted by atomic mass is 16.6. The topological polar surface area (TPSA) is 62.3 Å². The fourth-order valence-electron chi connectivity index (χ4n) is 6.27. The Morgan fingerprint density at radius 1 is 1.05 bits per heavy atom. The maximum Gasteiger partial charge on any atom is 0.410 e. The van der Waals surface area contributed by atoms with E-state index < -0.39 is 0 Å². The minimum atomic E-state index is -0.257. The second-order valence-corrected chi connectivity index (χ2v) is 11.8. The van der Waals surface area contributed by atoms with Crippen molar-refractivity contribution in [1.29, 1.82) is 0 Å². The van der Waals surface area contributed by atoms with E-state index in [1.165, 1.54) is 37.1 Å². The molecule has 3 aliphatic rings. The molecule has 0 spiro atoms. The third kappa shape index (κ3) is 6.93. The monoisotopic (exact) mass is 533 g/mol. The molecular formula is C32H43N3O4. The third-order valence-electron chi connectivity index (χ3n) is 8.62. The summed E-state index contributed by atoms with van der Waals surface area (Å²) in [4.78, 5) is 31.3. The van der Waals surface area contributed by atoms with Crippen molar-refractivity contribution in [2.24, 2.45) is 11.8 Å². The molecule has 0 bridgehead atoms. The maximum absolute atomic E-state index is 13.4. The second-order valence-electron chi connectivity index (χ2n) is 11.8. The SMILES string of the molecule is Cc1cc(N(C)C(=O)C2CCC(Oc3cccc(CN4CCOC4=O)c3)CC2)ccc1CN1CCC[C@@H](C)C1. The van der Waals surface area contributed by atoms with Crippen molar-refractivity contribution in [2.45, 2.75) is 71.6 Å². The van der Waals surface area contributed by atoms with Crippen LogP contribution in [0.3, 0.4) is 0 Å². The van der Waals surface area contributed by atoms with Crippen LogP contribution in [0.1, 0.15) is 62.1 Å². The molecule has 2 saturated heterocycles. The van der Waals surface area contributed by atoms with E-state index in [1.807, 2.05) is 36.2 Å². The summed E-state index contributed by atoms with van der Waals surface area (Å²) in [6, 6.07) is 14.4. The summed E-state index contributed by atoms with van der Waals surface area (Å²) in [6.07, 6.45) is 5.85. The number of piperidine rings is 1. The Labute approximate surface area is 233 Å². The van der Waals surface area contributed by atoms with Crippen molar-refractivity contribution in [3.8, 4) is 5.75 Å². The van der Waals surface area contributed by atoms with Crippen molar-refractivity contribution in [1.82, 2.24) is 9.80 Å². The van der Waals surface area contributed by atoms with Gasteiger partial charge in [-0.1, -0.05) is 25.1 Å². The molecule has 39 heavy (non-hydrogen) atoms. The molecule has 2 aliphatic heterocycles. The van der Waals surface area contributed by atoms with Crippen LogP contribution in [0.25, 0.3) is 0 Å². The molecule has 7 nitrogen and oxygen atoms in total. The Hall–Kier alpha value is -3.06. The standard InChI is InChI=1S/C32H43N3O4/c1-23-6-5-15-34(20-23)22-27-9-12-28(18-24(27)2)33(3)31(36)26-10-13-29(14-11-26)39-30-8-4-7-25(19-30)21-35-16-17-38-32(35)37/h4,7-9,12,18-19,23,26,29H,5-6,10-11,13-17,20-22H2,1-3H3/t23-,26?,29?/m1/s1. The molecule has 2 amide bonds. The van der Waals surface area contributed by atoms with E-state index in [2.05, 4.69) is 36.9 Å². The zero-order valence-corrected chi connectivity index (χ0v) is 23.7. The van der Waals surface area contributed by atoms with Gasteiger partial charge < -0.3 is 19.3 Å². The molecule has 5 rings (SSSR count). The lowest BCUT2D eigenvalue weighted by atomic mass is 9.86. The van der Waals surface area contributed by atoms with Gasteiger partial charge in [0.2, 0.25) is 5.91 Å². The second kappa shape index (κ2) is 12.4. The number of carbonyl (C=O) groups is 2. The summed E-state index contributed by atoms with van der Waals surface area (Å²) < 4.78 is 11.3. The van der Waals surface area contributed by atoms with Crippen molar-refractivity contribution >= 4 is 17.7 Å². The van der Waals surface area contributed by atoms with Crippen molar-refractivity contribution in [3.05, 3.63) is 59.2 Å². The first kappa shape index (κ1) is 27.5. The molecule has 0 aromatic heterocycles. The summed E-state index contributed by atoms with van der Waals surface area (Å²) in [5.74, 6) is 1.82. The number of carbonyl (C=O) groups excluding carboxylic acids is 2. The van der Waals surface area contributed by atoms with E-state index in [4.69, 9.17) is 9.47 Å². The van der Waals surface area contributed by atoms with Crippen LogP contribution in [-0.4, -0.2) is 61.2 Å². The molecule has 2 aromatic rings. The summed E-state index contributed by atoms with van der Waals surface area (Å²) in [7, 11) is 1.91. The molecule has 1 saturated carbocycles. The van der Waals surface area contributed by atoms with Crippen LogP contribution in [0.5, 0.6) is 5.75 Å². The Bertz CT molecular complexity index is 1160. The minimum absolute atomic E-state index is 0.0252. The summed E-state index contributed by atoms with van der Waals surface area (Å²) in [5, 5.41) is 0. The van der Waals surface area contributed by atoms with Gasteiger partial charge in [0.05, 0.1) is 12.6 Å². The quantitative estimate of drug-likeness (QED) is 0.431. The fraction of sp³-hybridized carbons (Fsp3) is 0.562. The van der Waals surface area contributed by atoms with Gasteiger partial charge in [0, 0.05) is 38.3 Å². The molecule has 0 radical (unpaired) electrons. The van der Waals surface area contributed by atoms with Crippen LogP contribution < -0.4 is 9.64 Å². The highest BCUT2D eigenvalue weighted by molar-refractivity contribution is 5.94. The van der Waals surface area contributed by atoms with E-state index >= 15 is 0 Å². The summed E-state index contributed by atoms with van der Waals surface area (Å²) >= 11 is 0. The average Bonchev–Trinajstić information content (AvgIpc) is 3.33. The van der Waals surface area contributed by atoms with Crippen LogP contribution in [0, 0.1) is 18.8 Å². The number of hydrogen-bond acceptors (Lipinski definition) is 5. The number of anilines is 1. The predicted octanol–water partition coefficient (Wildman–Crippen LogP) is 5.78. The molecule has 3 fully saturated rings. The van der Waals surface area contributed by atoms with Crippen LogP contribution in [0.15, 0.2) is 42.5 Å². The van der Waals surface area contributed by atoms with Crippen molar-refractivity contribution < 1.29 is 19.1 Å². The van der Waals surface area contributed by atoms with Gasteiger partial charge in [-0.2, -0.15) is 0 Å². The number of cyclic esters (lactones) is 1. The van der Waals surface area contributed by atoms with E-state index in [1.54, 1.807) is 4.90 Å². The van der Waals surface area contributed by atoms with E-state index in [0.29, 0.717) is 19.7 Å². The molecule has 7 heteroatoms. The van der Waals surface area contributed by atoms with Crippen molar-refractivity contribution in [2.75, 3.05) is 38.2 Å². The largest absolute Gasteiger partial charge is 0.490 e. The molecule has 0 N–H and O–H groups in total. The smallest absolute Gasteiger partial charge is 0.410 e. The highest BCUT2D eigenvalue weighted by Gasteiger charge is 2.30. The molecule has 2 heterocycles. The number of aryl methyl sites for hydroxylation is 1. The highest BCUT2D eigenvalue weighted by Crippen LogP contribution is 2.31. The van der Waals surface area contributed by atoms with E-state index in [9.17, 15) is 9.59 Å². The van der Waals surface area contributed by atoms with Gasteiger partial charge in [0.25, 0.3) is 0 Å². The molecule has 0 unspecified atom stereocenters. The van der Waals surface area contributed by atoms with Crippen LogP contribution in [0.4, 0.5) is 10.5 Å². The van der Waals surface area contributed by atoms with Gasteiger partial charge in [0.15, 0.2) is 0 Å². The van der Waals surface area contributed by atoms with Crippen molar-refractivity contribution in [3.63, 3.8) is 0 Å².